The second kappa shape index (κ2) is 11.6. The van der Waals surface area contributed by atoms with Crippen molar-refractivity contribution in [3.63, 3.8) is 0 Å². The molecule has 3 N–H and O–H groups in total. The molecule has 2 heterocycles. The van der Waals surface area contributed by atoms with Gasteiger partial charge in [-0.25, -0.2) is 4.99 Å². The highest BCUT2D eigenvalue weighted by Crippen LogP contribution is 2.25. The highest BCUT2D eigenvalue weighted by atomic mass is 127. The number of aliphatic imine (C=N–C) groups is 1. The number of nitrogens with zero attached hydrogens (tertiary/aromatic N) is 3. The molecule has 3 rings (SSSR count). The molecule has 3 aromatic rings. The highest BCUT2D eigenvalue weighted by molar-refractivity contribution is 14.0. The van der Waals surface area contributed by atoms with Gasteiger partial charge < -0.3 is 20.3 Å². The Morgan fingerprint density at radius 3 is 2.83 bits per heavy atom. The van der Waals surface area contributed by atoms with Gasteiger partial charge in [0.2, 0.25) is 11.7 Å². The fraction of sp³-hybridized carbons (Fsp3) is 0.350. The van der Waals surface area contributed by atoms with Gasteiger partial charge in [-0.1, -0.05) is 35.0 Å². The van der Waals surface area contributed by atoms with Gasteiger partial charge in [-0.2, -0.15) is 4.98 Å². The number of nitrogens with one attached hydrogen (secondary N) is 2. The Morgan fingerprint density at radius 1 is 1.30 bits per heavy atom. The number of aromatic nitrogens is 2. The number of guanidine groups is 1. The molecule has 0 radical (unpaired) electrons. The van der Waals surface area contributed by atoms with Crippen LogP contribution in [0.5, 0.6) is 0 Å². The zero-order chi connectivity index (χ0) is 20.7. The van der Waals surface area contributed by atoms with E-state index in [0.29, 0.717) is 42.2 Å². The summed E-state index contributed by atoms with van der Waals surface area (Å²) in [5.74, 6) is 1.66. The Bertz CT molecular complexity index is 946. The minimum absolute atomic E-state index is 0. The zero-order valence-electron chi connectivity index (χ0n) is 16.8. The van der Waals surface area contributed by atoms with Gasteiger partial charge in [0.05, 0.1) is 6.54 Å². The number of halogens is 2. The van der Waals surface area contributed by atoms with Gasteiger partial charge >= 0.3 is 0 Å². The van der Waals surface area contributed by atoms with E-state index in [0.717, 1.165) is 10.4 Å². The Kier molecular flexibility index (Phi) is 9.53. The molecule has 1 unspecified atom stereocenters. The largest absolute Gasteiger partial charge is 0.383 e. The van der Waals surface area contributed by atoms with Gasteiger partial charge in [-0.15, -0.1) is 35.3 Å². The van der Waals surface area contributed by atoms with Crippen molar-refractivity contribution in [3.05, 3.63) is 57.6 Å². The SMILES string of the molecule is CCNC(=NCC(C)(O)c1cccs1)NCCc1nc(-c2cccc(Cl)c2)no1.I. The number of rotatable bonds is 8. The van der Waals surface area contributed by atoms with Gasteiger partial charge in [0, 0.05) is 35.0 Å². The van der Waals surface area contributed by atoms with E-state index in [4.69, 9.17) is 16.1 Å². The van der Waals surface area contributed by atoms with Crippen molar-refractivity contribution < 1.29 is 9.63 Å². The van der Waals surface area contributed by atoms with Crippen molar-refractivity contribution in [1.29, 1.82) is 0 Å². The average Bonchev–Trinajstić information content (AvgIpc) is 3.39. The van der Waals surface area contributed by atoms with Crippen LogP contribution in [0.2, 0.25) is 5.02 Å². The summed E-state index contributed by atoms with van der Waals surface area (Å²) in [4.78, 5) is 9.80. The van der Waals surface area contributed by atoms with Gasteiger partial charge in [-0.05, 0) is 37.4 Å². The molecular formula is C20H25ClIN5O2S. The molecule has 162 valence electrons. The van der Waals surface area contributed by atoms with Gasteiger partial charge in [-0.3, -0.25) is 0 Å². The first-order valence-corrected chi connectivity index (χ1v) is 10.6. The second-order valence-electron chi connectivity index (χ2n) is 6.65. The predicted octanol–water partition coefficient (Wildman–Crippen LogP) is 4.07. The molecule has 0 spiro atoms. The van der Waals surface area contributed by atoms with Crippen LogP contribution >= 0.6 is 46.9 Å². The molecule has 0 saturated heterocycles. The molecule has 0 bridgehead atoms. The molecule has 0 aliphatic heterocycles. The van der Waals surface area contributed by atoms with Crippen LogP contribution < -0.4 is 10.6 Å². The number of hydrogen-bond acceptors (Lipinski definition) is 6. The van der Waals surface area contributed by atoms with E-state index >= 15 is 0 Å². The first-order chi connectivity index (χ1) is 14.0. The number of aliphatic hydroxyl groups is 1. The third-order valence-electron chi connectivity index (χ3n) is 4.12. The Balaban J connectivity index is 0.00000320. The Morgan fingerprint density at radius 2 is 2.13 bits per heavy atom. The fourth-order valence-corrected chi connectivity index (χ4v) is 3.60. The summed E-state index contributed by atoms with van der Waals surface area (Å²) >= 11 is 7.53. The standard InChI is InChI=1S/C20H24ClN5O2S.HI/c1-3-22-19(24-13-20(2,27)16-8-5-11-29-16)23-10-9-17-25-18(26-28-17)14-6-4-7-15(21)12-14;/h4-8,11-12,27H,3,9-10,13H2,1-2H3,(H2,22,23,24);1H. The number of benzene rings is 1. The van der Waals surface area contributed by atoms with Gasteiger partial charge in [0.1, 0.15) is 5.60 Å². The summed E-state index contributed by atoms with van der Waals surface area (Å²) in [5.41, 5.74) is -0.194. The molecule has 0 aliphatic carbocycles. The van der Waals surface area contributed by atoms with E-state index in [1.54, 1.807) is 19.1 Å². The summed E-state index contributed by atoms with van der Waals surface area (Å²) in [5, 5.41) is 23.6. The molecule has 0 amide bonds. The summed E-state index contributed by atoms with van der Waals surface area (Å²) in [7, 11) is 0. The zero-order valence-corrected chi connectivity index (χ0v) is 20.7. The quantitative estimate of drug-likeness (QED) is 0.218. The van der Waals surface area contributed by atoms with Crippen molar-refractivity contribution in [2.24, 2.45) is 4.99 Å². The first kappa shape index (κ1) is 24.6. The molecule has 2 aromatic heterocycles. The predicted molar refractivity (Wildman–Crippen MR) is 132 cm³/mol. The molecule has 30 heavy (non-hydrogen) atoms. The molecule has 0 aliphatic rings. The van der Waals surface area contributed by atoms with Crippen molar-refractivity contribution in [2.45, 2.75) is 25.9 Å². The molecule has 0 fully saturated rings. The summed E-state index contributed by atoms with van der Waals surface area (Å²) in [6.45, 7) is 5.28. The topological polar surface area (TPSA) is 95.6 Å². The van der Waals surface area contributed by atoms with Crippen molar-refractivity contribution in [3.8, 4) is 11.4 Å². The highest BCUT2D eigenvalue weighted by Gasteiger charge is 2.24. The average molecular weight is 562 g/mol. The Labute approximate surface area is 202 Å². The van der Waals surface area contributed by atoms with Crippen LogP contribution in [-0.4, -0.2) is 40.8 Å². The fourth-order valence-electron chi connectivity index (χ4n) is 2.63. The molecule has 7 nitrogen and oxygen atoms in total. The van der Waals surface area contributed by atoms with Crippen LogP contribution in [0.3, 0.4) is 0 Å². The molecular weight excluding hydrogens is 537 g/mol. The minimum Gasteiger partial charge on any atom is -0.383 e. The van der Waals surface area contributed by atoms with E-state index in [1.165, 1.54) is 11.3 Å². The van der Waals surface area contributed by atoms with Crippen LogP contribution in [0, 0.1) is 0 Å². The summed E-state index contributed by atoms with van der Waals surface area (Å²) < 4.78 is 5.32. The second-order valence-corrected chi connectivity index (χ2v) is 8.03. The lowest BCUT2D eigenvalue weighted by Crippen LogP contribution is -2.39. The summed E-state index contributed by atoms with van der Waals surface area (Å²) in [6.07, 6.45) is 0.541. The van der Waals surface area contributed by atoms with Crippen molar-refractivity contribution in [2.75, 3.05) is 19.6 Å². The maximum absolute atomic E-state index is 10.6. The summed E-state index contributed by atoms with van der Waals surface area (Å²) in [6, 6.07) is 11.2. The molecule has 10 heteroatoms. The molecule has 1 aromatic carbocycles. The smallest absolute Gasteiger partial charge is 0.228 e. The van der Waals surface area contributed by atoms with E-state index in [9.17, 15) is 5.11 Å². The van der Waals surface area contributed by atoms with E-state index in [2.05, 4.69) is 25.8 Å². The normalized spacial score (nSPS) is 13.4. The molecule has 0 saturated carbocycles. The van der Waals surface area contributed by atoms with Crippen LogP contribution in [0.25, 0.3) is 11.4 Å². The van der Waals surface area contributed by atoms with Crippen LogP contribution in [0.4, 0.5) is 0 Å². The third-order valence-corrected chi connectivity index (χ3v) is 5.48. The van der Waals surface area contributed by atoms with Crippen LogP contribution in [0.15, 0.2) is 51.3 Å². The minimum atomic E-state index is -1.01. The van der Waals surface area contributed by atoms with Crippen molar-refractivity contribution in [1.82, 2.24) is 20.8 Å². The van der Waals surface area contributed by atoms with Gasteiger partial charge in [0.25, 0.3) is 0 Å². The lowest BCUT2D eigenvalue weighted by atomic mass is 10.1. The lowest BCUT2D eigenvalue weighted by molar-refractivity contribution is 0.0711. The maximum Gasteiger partial charge on any atom is 0.228 e. The van der Waals surface area contributed by atoms with Crippen molar-refractivity contribution >= 4 is 52.9 Å². The van der Waals surface area contributed by atoms with Crippen LogP contribution in [0.1, 0.15) is 24.6 Å². The Hall–Kier alpha value is -1.69. The van der Waals surface area contributed by atoms with E-state index in [-0.39, 0.29) is 30.5 Å². The number of hydrogen-bond donors (Lipinski definition) is 3. The third kappa shape index (κ3) is 6.93. The van der Waals surface area contributed by atoms with Gasteiger partial charge in [0.15, 0.2) is 5.96 Å². The van der Waals surface area contributed by atoms with Crippen LogP contribution in [-0.2, 0) is 12.0 Å². The van der Waals surface area contributed by atoms with E-state index < -0.39 is 5.60 Å². The maximum atomic E-state index is 10.6. The number of thiophene rings is 1. The lowest BCUT2D eigenvalue weighted by Gasteiger charge is -2.20. The monoisotopic (exact) mass is 561 g/mol. The van der Waals surface area contributed by atoms with E-state index in [1.807, 2.05) is 36.6 Å². The molecule has 1 atom stereocenters. The first-order valence-electron chi connectivity index (χ1n) is 9.35.